The highest BCUT2D eigenvalue weighted by molar-refractivity contribution is 9.10. The van der Waals surface area contributed by atoms with Gasteiger partial charge in [0.25, 0.3) is 5.78 Å². The predicted molar refractivity (Wildman–Crippen MR) is 111 cm³/mol. The van der Waals surface area contributed by atoms with Crippen LogP contribution in [0.5, 0.6) is 0 Å². The van der Waals surface area contributed by atoms with E-state index >= 15 is 0 Å². The molecule has 0 spiro atoms. The summed E-state index contributed by atoms with van der Waals surface area (Å²) in [4.78, 5) is 38.2. The van der Waals surface area contributed by atoms with Crippen LogP contribution >= 0.6 is 43.6 Å². The fraction of sp³-hybridized carbons (Fsp3) is 0.0500. The number of carbonyl (C=O) groups excluding carboxylic acids is 3. The summed E-state index contributed by atoms with van der Waals surface area (Å²) in [5, 5.41) is 0. The largest absolute Gasteiger partial charge is 0.448 e. The highest BCUT2D eigenvalue weighted by atomic mass is 79.9. The van der Waals surface area contributed by atoms with Crippen molar-refractivity contribution in [2.75, 3.05) is 6.26 Å². The smallest absolute Gasteiger partial charge is 0.268 e. The molecule has 0 bridgehead atoms. The van der Waals surface area contributed by atoms with Crippen molar-refractivity contribution in [1.82, 2.24) is 0 Å². The number of furan rings is 1. The summed E-state index contributed by atoms with van der Waals surface area (Å²) < 4.78 is 7.17. The zero-order valence-electron chi connectivity index (χ0n) is 14.0. The van der Waals surface area contributed by atoms with Gasteiger partial charge >= 0.3 is 0 Å². The van der Waals surface area contributed by atoms with E-state index in [1.165, 1.54) is 17.8 Å². The first-order chi connectivity index (χ1) is 12.9. The van der Waals surface area contributed by atoms with Crippen molar-refractivity contribution < 1.29 is 18.8 Å². The average molecular weight is 508 g/mol. The highest BCUT2D eigenvalue weighted by Gasteiger charge is 2.26. The second kappa shape index (κ2) is 8.37. The zero-order chi connectivity index (χ0) is 19.6. The van der Waals surface area contributed by atoms with Gasteiger partial charge in [-0.1, -0.05) is 31.9 Å². The van der Waals surface area contributed by atoms with Gasteiger partial charge in [0.2, 0.25) is 11.6 Å². The predicted octanol–water partition coefficient (Wildman–Crippen LogP) is 5.82. The van der Waals surface area contributed by atoms with Crippen LogP contribution < -0.4 is 0 Å². The average Bonchev–Trinajstić information content (AvgIpc) is 3.12. The van der Waals surface area contributed by atoms with Gasteiger partial charge in [0.15, 0.2) is 11.5 Å². The molecule has 27 heavy (non-hydrogen) atoms. The molecule has 3 aromatic rings. The van der Waals surface area contributed by atoms with Crippen LogP contribution in [0.25, 0.3) is 0 Å². The fourth-order valence-corrected chi connectivity index (χ4v) is 3.45. The number of thioether (sulfide) groups is 1. The Kier molecular flexibility index (Phi) is 6.14. The number of benzene rings is 2. The maximum Gasteiger partial charge on any atom is 0.268 e. The number of halogens is 2. The second-order valence-corrected chi connectivity index (χ2v) is 8.19. The highest BCUT2D eigenvalue weighted by Crippen LogP contribution is 2.28. The maximum absolute atomic E-state index is 12.7. The lowest BCUT2D eigenvalue weighted by molar-refractivity contribution is 0.0798. The lowest BCUT2D eigenvalue weighted by Crippen LogP contribution is -2.13. The van der Waals surface area contributed by atoms with E-state index in [1.54, 1.807) is 54.8 Å². The number of ketones is 3. The minimum absolute atomic E-state index is 0.0526. The van der Waals surface area contributed by atoms with Crippen molar-refractivity contribution >= 4 is 61.0 Å². The molecule has 2 aromatic carbocycles. The van der Waals surface area contributed by atoms with Crippen LogP contribution in [0.15, 0.2) is 72.9 Å². The van der Waals surface area contributed by atoms with E-state index in [1.807, 2.05) is 0 Å². The molecule has 0 saturated carbocycles. The molecule has 0 aliphatic heterocycles. The van der Waals surface area contributed by atoms with E-state index in [2.05, 4.69) is 31.9 Å². The molecule has 0 N–H and O–H groups in total. The van der Waals surface area contributed by atoms with E-state index in [-0.39, 0.29) is 22.9 Å². The molecule has 0 saturated heterocycles. The summed E-state index contributed by atoms with van der Waals surface area (Å²) >= 11 is 7.88. The first kappa shape index (κ1) is 19.8. The van der Waals surface area contributed by atoms with Gasteiger partial charge in [0.05, 0.1) is 4.90 Å². The van der Waals surface area contributed by atoms with Crippen LogP contribution in [0, 0.1) is 0 Å². The van der Waals surface area contributed by atoms with E-state index in [4.69, 9.17) is 4.42 Å². The van der Waals surface area contributed by atoms with Gasteiger partial charge in [0.1, 0.15) is 0 Å². The number of hydrogen-bond acceptors (Lipinski definition) is 5. The monoisotopic (exact) mass is 506 g/mol. The van der Waals surface area contributed by atoms with E-state index in [0.717, 1.165) is 8.95 Å². The molecule has 4 nitrogen and oxygen atoms in total. The van der Waals surface area contributed by atoms with Crippen LogP contribution in [0.3, 0.4) is 0 Å². The fourth-order valence-electron chi connectivity index (χ4n) is 2.37. The Labute approximate surface area is 176 Å². The Balaban J connectivity index is 1.92. The molecule has 0 aliphatic carbocycles. The number of rotatable bonds is 6. The van der Waals surface area contributed by atoms with E-state index in [0.29, 0.717) is 10.5 Å². The summed E-state index contributed by atoms with van der Waals surface area (Å²) in [6.07, 6.45) is 1.77. The van der Waals surface area contributed by atoms with Gasteiger partial charge in [-0.2, -0.15) is 0 Å². The van der Waals surface area contributed by atoms with Crippen molar-refractivity contribution in [3.05, 3.63) is 86.2 Å². The van der Waals surface area contributed by atoms with E-state index < -0.39 is 11.6 Å². The lowest BCUT2D eigenvalue weighted by Gasteiger charge is -2.01. The summed E-state index contributed by atoms with van der Waals surface area (Å²) in [5.74, 6) is -1.92. The second-order valence-electron chi connectivity index (χ2n) is 5.51. The molecule has 0 amide bonds. The molecular formula is C20H12Br2O4S. The maximum atomic E-state index is 12.7. The van der Waals surface area contributed by atoms with E-state index in [9.17, 15) is 14.4 Å². The molecule has 0 radical (unpaired) electrons. The van der Waals surface area contributed by atoms with Gasteiger partial charge < -0.3 is 4.42 Å². The quantitative estimate of drug-likeness (QED) is 0.239. The molecule has 0 unspecified atom stereocenters. The molecule has 1 heterocycles. The molecule has 7 heteroatoms. The van der Waals surface area contributed by atoms with Crippen molar-refractivity contribution in [2.45, 2.75) is 4.90 Å². The Morgan fingerprint density at radius 3 is 1.85 bits per heavy atom. The standard InChI is InChI=1S/C20H12Br2O4S/c1-27-16-10-15(19(25)17(23)11-2-6-13(21)7-3-11)26-20(16)18(24)12-4-8-14(22)9-5-12/h2-10H,1H3. The molecule has 136 valence electrons. The van der Waals surface area contributed by atoms with Crippen LogP contribution in [0.4, 0.5) is 0 Å². The number of Topliss-reactive ketones (excluding diaryl/α,β-unsaturated/α-hetero) is 2. The lowest BCUT2D eigenvalue weighted by atomic mass is 10.1. The first-order valence-corrected chi connectivity index (χ1v) is 10.5. The van der Waals surface area contributed by atoms with Gasteiger partial charge in [0, 0.05) is 26.1 Å². The van der Waals surface area contributed by atoms with Gasteiger partial charge in [-0.05, 0) is 54.8 Å². The van der Waals surface area contributed by atoms with Crippen molar-refractivity contribution in [3.8, 4) is 0 Å². The Morgan fingerprint density at radius 1 is 0.815 bits per heavy atom. The van der Waals surface area contributed by atoms with Gasteiger partial charge in [-0.25, -0.2) is 0 Å². The van der Waals surface area contributed by atoms with Crippen molar-refractivity contribution in [3.63, 3.8) is 0 Å². The first-order valence-electron chi connectivity index (χ1n) is 7.73. The zero-order valence-corrected chi connectivity index (χ0v) is 18.0. The van der Waals surface area contributed by atoms with Gasteiger partial charge in [-0.15, -0.1) is 11.8 Å². The summed E-state index contributed by atoms with van der Waals surface area (Å²) in [6.45, 7) is 0. The van der Waals surface area contributed by atoms with Crippen LogP contribution in [0.1, 0.15) is 37.0 Å². The Bertz CT molecular complexity index is 1020. The van der Waals surface area contributed by atoms with Crippen LogP contribution in [-0.2, 0) is 0 Å². The third-order valence-electron chi connectivity index (χ3n) is 3.77. The van der Waals surface area contributed by atoms with Crippen LogP contribution in [0.2, 0.25) is 0 Å². The third kappa shape index (κ3) is 4.31. The Hall–Kier alpha value is -1.96. The molecule has 1 aromatic heterocycles. The molecule has 0 aliphatic rings. The summed E-state index contributed by atoms with van der Waals surface area (Å²) in [6, 6.07) is 14.7. The normalized spacial score (nSPS) is 10.6. The van der Waals surface area contributed by atoms with Gasteiger partial charge in [-0.3, -0.25) is 14.4 Å². The third-order valence-corrected chi connectivity index (χ3v) is 5.57. The SMILES string of the molecule is CSc1cc(C(=O)C(=O)c2ccc(Br)cc2)oc1C(=O)c1ccc(Br)cc1. The minimum Gasteiger partial charge on any atom is -0.448 e. The minimum atomic E-state index is -0.789. The van der Waals surface area contributed by atoms with Crippen molar-refractivity contribution in [2.24, 2.45) is 0 Å². The number of carbonyl (C=O) groups is 3. The molecule has 3 rings (SSSR count). The number of hydrogen-bond donors (Lipinski definition) is 0. The van der Waals surface area contributed by atoms with Crippen LogP contribution in [-0.4, -0.2) is 23.6 Å². The van der Waals surface area contributed by atoms with Crippen molar-refractivity contribution in [1.29, 1.82) is 0 Å². The molecule has 0 fully saturated rings. The summed E-state index contributed by atoms with van der Waals surface area (Å²) in [7, 11) is 0. The molecular weight excluding hydrogens is 496 g/mol. The summed E-state index contributed by atoms with van der Waals surface area (Å²) in [5.41, 5.74) is 0.687. The molecule has 0 atom stereocenters. The topological polar surface area (TPSA) is 64.3 Å². The Morgan fingerprint density at radius 2 is 1.33 bits per heavy atom.